The predicted molar refractivity (Wildman–Crippen MR) is 92.2 cm³/mol. The zero-order valence-electron chi connectivity index (χ0n) is 13.3. The van der Waals surface area contributed by atoms with Crippen LogP contribution in [0.4, 0.5) is 4.79 Å². The summed E-state index contributed by atoms with van der Waals surface area (Å²) in [5.41, 5.74) is 5.54. The fourth-order valence-corrected chi connectivity index (χ4v) is 3.61. The zero-order chi connectivity index (χ0) is 16.6. The maximum atomic E-state index is 11.2. The van der Waals surface area contributed by atoms with Crippen molar-refractivity contribution in [2.24, 2.45) is 0 Å². The molecule has 1 aromatic carbocycles. The molecule has 5 nitrogen and oxygen atoms in total. The van der Waals surface area contributed by atoms with Gasteiger partial charge in [0.15, 0.2) is 0 Å². The van der Waals surface area contributed by atoms with Crippen LogP contribution in [0.5, 0.6) is 0 Å². The van der Waals surface area contributed by atoms with Crippen molar-refractivity contribution in [1.29, 1.82) is 0 Å². The minimum atomic E-state index is -0.877. The van der Waals surface area contributed by atoms with Gasteiger partial charge in [0.2, 0.25) is 0 Å². The Morgan fingerprint density at radius 3 is 2.78 bits per heavy atom. The largest absolute Gasteiger partial charge is 0.465 e. The van der Waals surface area contributed by atoms with Gasteiger partial charge in [-0.25, -0.2) is 9.48 Å². The topological polar surface area (TPSA) is 58.4 Å². The molecule has 3 rings (SSSR count). The molecule has 1 aliphatic heterocycles. The standard InChI is InChI=1S/C17H20BrN3O2/c1-3-11-5-6-12(4-2)15(9-11)21-16(18)13-10-20(17(22)23)8-7-14(13)19-21/h5-6,9H,3-4,7-8,10H2,1-2H3,(H,22,23). The number of hydrogen-bond donors (Lipinski definition) is 1. The first kappa shape index (κ1) is 16.1. The number of aryl methyl sites for hydroxylation is 2. The van der Waals surface area contributed by atoms with Crippen molar-refractivity contribution >= 4 is 22.0 Å². The highest BCUT2D eigenvalue weighted by molar-refractivity contribution is 9.10. The molecule has 0 saturated carbocycles. The third-order valence-corrected chi connectivity index (χ3v) is 5.22. The number of fused-ring (bicyclic) bond motifs is 1. The van der Waals surface area contributed by atoms with Gasteiger partial charge >= 0.3 is 6.09 Å². The van der Waals surface area contributed by atoms with Gasteiger partial charge in [0.05, 0.1) is 17.9 Å². The third kappa shape index (κ3) is 2.87. The van der Waals surface area contributed by atoms with Crippen molar-refractivity contribution in [1.82, 2.24) is 14.7 Å². The Labute approximate surface area is 144 Å². The van der Waals surface area contributed by atoms with E-state index in [9.17, 15) is 9.90 Å². The number of benzene rings is 1. The van der Waals surface area contributed by atoms with Crippen LogP contribution in [0.25, 0.3) is 5.69 Å². The van der Waals surface area contributed by atoms with Crippen LogP contribution in [-0.4, -0.2) is 32.4 Å². The highest BCUT2D eigenvalue weighted by Gasteiger charge is 2.27. The molecule has 23 heavy (non-hydrogen) atoms. The zero-order valence-corrected chi connectivity index (χ0v) is 14.9. The smallest absolute Gasteiger partial charge is 0.407 e. The van der Waals surface area contributed by atoms with Crippen LogP contribution < -0.4 is 0 Å². The summed E-state index contributed by atoms with van der Waals surface area (Å²) in [5, 5.41) is 14.0. The lowest BCUT2D eigenvalue weighted by Crippen LogP contribution is -2.34. The van der Waals surface area contributed by atoms with E-state index >= 15 is 0 Å². The lowest BCUT2D eigenvalue weighted by Gasteiger charge is -2.23. The number of rotatable bonds is 3. The van der Waals surface area contributed by atoms with Crippen LogP contribution in [0.1, 0.15) is 36.2 Å². The lowest BCUT2D eigenvalue weighted by molar-refractivity contribution is 0.139. The maximum absolute atomic E-state index is 11.2. The molecule has 1 aromatic heterocycles. The van der Waals surface area contributed by atoms with E-state index < -0.39 is 6.09 Å². The van der Waals surface area contributed by atoms with E-state index in [2.05, 4.69) is 48.0 Å². The van der Waals surface area contributed by atoms with Crippen LogP contribution in [0.15, 0.2) is 22.8 Å². The van der Waals surface area contributed by atoms with Crippen LogP contribution in [-0.2, 0) is 25.8 Å². The summed E-state index contributed by atoms with van der Waals surface area (Å²) in [5.74, 6) is 0. The quantitative estimate of drug-likeness (QED) is 0.884. The first-order valence-electron chi connectivity index (χ1n) is 7.91. The molecule has 1 N–H and O–H groups in total. The van der Waals surface area contributed by atoms with Crippen molar-refractivity contribution in [3.63, 3.8) is 0 Å². The Bertz CT molecular complexity index is 755. The molecule has 2 aromatic rings. The number of carboxylic acid groups (broad SMARTS) is 1. The Hall–Kier alpha value is -1.82. The Morgan fingerprint density at radius 1 is 1.35 bits per heavy atom. The van der Waals surface area contributed by atoms with E-state index in [0.717, 1.165) is 34.4 Å². The van der Waals surface area contributed by atoms with Gasteiger partial charge in [0.1, 0.15) is 4.60 Å². The van der Waals surface area contributed by atoms with Crippen molar-refractivity contribution < 1.29 is 9.90 Å². The Morgan fingerprint density at radius 2 is 2.13 bits per heavy atom. The van der Waals surface area contributed by atoms with E-state index in [1.165, 1.54) is 16.0 Å². The molecule has 0 unspecified atom stereocenters. The first-order chi connectivity index (χ1) is 11.0. The highest BCUT2D eigenvalue weighted by atomic mass is 79.9. The molecule has 0 aliphatic carbocycles. The second-order valence-corrected chi connectivity index (χ2v) is 6.50. The molecule has 2 heterocycles. The normalized spacial score (nSPS) is 14.0. The fraction of sp³-hybridized carbons (Fsp3) is 0.412. The second kappa shape index (κ2) is 6.35. The summed E-state index contributed by atoms with van der Waals surface area (Å²) >= 11 is 3.64. The van der Waals surface area contributed by atoms with Gasteiger partial charge in [-0.2, -0.15) is 5.10 Å². The van der Waals surface area contributed by atoms with Gasteiger partial charge in [0.25, 0.3) is 0 Å². The van der Waals surface area contributed by atoms with E-state index in [1.54, 1.807) is 0 Å². The minimum absolute atomic E-state index is 0.389. The summed E-state index contributed by atoms with van der Waals surface area (Å²) in [6, 6.07) is 6.49. The van der Waals surface area contributed by atoms with Gasteiger partial charge in [-0.3, -0.25) is 0 Å². The average Bonchev–Trinajstić information content (AvgIpc) is 2.90. The fourth-order valence-electron chi connectivity index (χ4n) is 2.99. The van der Waals surface area contributed by atoms with Crippen molar-refractivity contribution in [3.05, 3.63) is 45.2 Å². The van der Waals surface area contributed by atoms with Gasteiger partial charge in [0, 0.05) is 18.5 Å². The molecule has 0 spiro atoms. The molecule has 0 radical (unpaired) electrons. The number of carbonyl (C=O) groups is 1. The molecule has 0 fully saturated rings. The molecular weight excluding hydrogens is 358 g/mol. The summed E-state index contributed by atoms with van der Waals surface area (Å²) in [7, 11) is 0. The van der Waals surface area contributed by atoms with Gasteiger partial charge in [-0.15, -0.1) is 0 Å². The van der Waals surface area contributed by atoms with E-state index in [-0.39, 0.29) is 0 Å². The predicted octanol–water partition coefficient (Wildman–Crippen LogP) is 3.80. The Kier molecular flexibility index (Phi) is 4.43. The van der Waals surface area contributed by atoms with Crippen LogP contribution in [0, 0.1) is 0 Å². The van der Waals surface area contributed by atoms with Gasteiger partial charge in [-0.05, 0) is 46.0 Å². The molecule has 1 amide bonds. The number of nitrogens with zero attached hydrogens (tertiary/aromatic N) is 3. The summed E-state index contributed by atoms with van der Waals surface area (Å²) in [4.78, 5) is 12.7. The van der Waals surface area contributed by atoms with Crippen LogP contribution in [0.3, 0.4) is 0 Å². The number of halogens is 1. The van der Waals surface area contributed by atoms with Crippen LogP contribution >= 0.6 is 15.9 Å². The number of amides is 1. The minimum Gasteiger partial charge on any atom is -0.465 e. The second-order valence-electron chi connectivity index (χ2n) is 5.75. The van der Waals surface area contributed by atoms with Crippen molar-refractivity contribution in [3.8, 4) is 5.69 Å². The SMILES string of the molecule is CCc1ccc(CC)c(-n2nc3c(c2Br)CN(C(=O)O)CC3)c1. The lowest BCUT2D eigenvalue weighted by atomic mass is 10.1. The molecule has 6 heteroatoms. The summed E-state index contributed by atoms with van der Waals surface area (Å²) in [6.07, 6.45) is 1.68. The maximum Gasteiger partial charge on any atom is 0.407 e. The Balaban J connectivity index is 2.08. The highest BCUT2D eigenvalue weighted by Crippen LogP contribution is 2.30. The van der Waals surface area contributed by atoms with Gasteiger partial charge < -0.3 is 10.0 Å². The average molecular weight is 378 g/mol. The van der Waals surface area contributed by atoms with E-state index in [0.29, 0.717) is 19.5 Å². The van der Waals surface area contributed by atoms with Crippen molar-refractivity contribution in [2.45, 2.75) is 39.7 Å². The van der Waals surface area contributed by atoms with E-state index in [4.69, 9.17) is 5.10 Å². The monoisotopic (exact) mass is 377 g/mol. The number of aromatic nitrogens is 2. The molecular formula is C17H20BrN3O2. The van der Waals surface area contributed by atoms with Gasteiger partial charge in [-0.1, -0.05) is 26.0 Å². The van der Waals surface area contributed by atoms with E-state index in [1.807, 2.05) is 4.68 Å². The van der Waals surface area contributed by atoms with Crippen molar-refractivity contribution in [2.75, 3.05) is 6.54 Å². The molecule has 122 valence electrons. The molecule has 1 aliphatic rings. The molecule has 0 atom stereocenters. The summed E-state index contributed by atoms with van der Waals surface area (Å²) < 4.78 is 2.79. The third-order valence-electron chi connectivity index (χ3n) is 4.41. The molecule has 0 bridgehead atoms. The molecule has 0 saturated heterocycles. The number of hydrogen-bond acceptors (Lipinski definition) is 2. The van der Waals surface area contributed by atoms with Crippen LogP contribution in [0.2, 0.25) is 0 Å². The summed E-state index contributed by atoms with van der Waals surface area (Å²) in [6.45, 7) is 5.16. The first-order valence-corrected chi connectivity index (χ1v) is 8.70.